The van der Waals surface area contributed by atoms with Gasteiger partial charge in [0.25, 0.3) is 0 Å². The molecule has 1 atom stereocenters. The minimum absolute atomic E-state index is 0.693. The summed E-state index contributed by atoms with van der Waals surface area (Å²) in [5.74, 6) is 1.77. The predicted octanol–water partition coefficient (Wildman–Crippen LogP) is 8.48. The van der Waals surface area contributed by atoms with E-state index < -0.39 is 6.15 Å². The monoisotopic (exact) mass is 686 g/mol. The molecule has 0 amide bonds. The first-order valence-electron chi connectivity index (χ1n) is 18.3. The molecule has 0 spiro atoms. The standard InChI is InChI=1S/C36H44B.C10H15O2P/c1-21-13-25(5)33(26(6)14-21)37(34-27(7)15-22(2)16-28(34)8,35-29(9)17-23(3)18-30(35)10)36-31(11)19-24(4)20-32(36)12;1-3-11-8-5-9(12-4-2)7-10(13)6-8/h13-20H,1-12H3;5-7H,3-4,13H2,1-2H3/q-1;/p+1. The molecule has 5 rings (SSSR count). The van der Waals surface area contributed by atoms with Crippen LogP contribution in [0.15, 0.2) is 66.7 Å². The molecule has 4 heteroatoms. The van der Waals surface area contributed by atoms with Gasteiger partial charge in [0.05, 0.1) is 18.5 Å². The zero-order chi connectivity index (χ0) is 37.1. The molecule has 1 unspecified atom stereocenters. The third-order valence-corrected chi connectivity index (χ3v) is 10.7. The quantitative estimate of drug-likeness (QED) is 0.121. The van der Waals surface area contributed by atoms with Crippen molar-refractivity contribution in [3.05, 3.63) is 133 Å². The van der Waals surface area contributed by atoms with Gasteiger partial charge in [0.1, 0.15) is 17.6 Å². The summed E-state index contributed by atoms with van der Waals surface area (Å²) in [6.45, 7) is 32.9. The van der Waals surface area contributed by atoms with Crippen LogP contribution < -0.4 is 36.6 Å². The van der Waals surface area contributed by atoms with E-state index in [0.717, 1.165) is 11.5 Å². The molecular formula is C46H60BO2P. The molecule has 0 saturated heterocycles. The van der Waals surface area contributed by atoms with E-state index in [1.54, 1.807) is 0 Å². The second-order valence-corrected chi connectivity index (χ2v) is 15.6. The number of hydrogen-bond acceptors (Lipinski definition) is 2. The molecule has 0 heterocycles. The van der Waals surface area contributed by atoms with Crippen LogP contribution in [0.2, 0.25) is 0 Å². The van der Waals surface area contributed by atoms with E-state index in [1.165, 1.54) is 93.9 Å². The average molecular weight is 687 g/mol. The molecule has 0 aliphatic heterocycles. The van der Waals surface area contributed by atoms with Gasteiger partial charge in [-0.25, -0.2) is 0 Å². The minimum Gasteiger partial charge on any atom is -0.494 e. The zero-order valence-electron chi connectivity index (χ0n) is 33.4. The van der Waals surface area contributed by atoms with Crippen molar-refractivity contribution >= 4 is 42.5 Å². The molecule has 264 valence electrons. The molecule has 0 radical (unpaired) electrons. The summed E-state index contributed by atoms with van der Waals surface area (Å²) in [4.78, 5) is 0. The Kier molecular flexibility index (Phi) is 12.5. The van der Waals surface area contributed by atoms with Crippen molar-refractivity contribution < 1.29 is 9.47 Å². The van der Waals surface area contributed by atoms with Gasteiger partial charge < -0.3 is 9.47 Å². The summed E-state index contributed by atoms with van der Waals surface area (Å²) in [5, 5.41) is 1.19. The minimum atomic E-state index is -1.48. The van der Waals surface area contributed by atoms with Crippen LogP contribution in [0.4, 0.5) is 0 Å². The van der Waals surface area contributed by atoms with Crippen LogP contribution in [0.1, 0.15) is 80.6 Å². The van der Waals surface area contributed by atoms with Crippen LogP contribution in [0.25, 0.3) is 0 Å². The van der Waals surface area contributed by atoms with E-state index in [0.29, 0.717) is 13.2 Å². The molecule has 0 N–H and O–H groups in total. The average Bonchev–Trinajstić information content (AvgIpc) is 2.95. The van der Waals surface area contributed by atoms with Crippen molar-refractivity contribution in [1.29, 1.82) is 0 Å². The number of aryl methyl sites for hydroxylation is 12. The van der Waals surface area contributed by atoms with Crippen LogP contribution in [0, 0.1) is 83.1 Å². The third kappa shape index (κ3) is 7.90. The van der Waals surface area contributed by atoms with Gasteiger partial charge in [0.2, 0.25) is 0 Å². The number of rotatable bonds is 8. The smallest absolute Gasteiger partial charge is 0.126 e. The number of hydrogen-bond donors (Lipinski definition) is 0. The molecule has 5 aromatic rings. The van der Waals surface area contributed by atoms with Gasteiger partial charge in [-0.05, 0) is 96.9 Å². The Hall–Kier alpha value is -3.81. The summed E-state index contributed by atoms with van der Waals surface area (Å²) in [5.41, 5.74) is 22.4. The van der Waals surface area contributed by atoms with E-state index in [4.69, 9.17) is 9.47 Å². The molecule has 2 nitrogen and oxygen atoms in total. The topological polar surface area (TPSA) is 18.5 Å². The number of ether oxygens (including phenoxy) is 2. The SMILES string of the molecule is CCOc1cc([PH3+])cc(OCC)c1.Cc1cc(C)c([B-](c2c(C)cc(C)cc2C)(c2c(C)cc(C)cc2C)c2c(C)cc(C)cc2C)c(C)c1. The van der Waals surface area contributed by atoms with Crippen LogP contribution in [-0.2, 0) is 0 Å². The summed E-state index contributed by atoms with van der Waals surface area (Å²) >= 11 is 0. The largest absolute Gasteiger partial charge is 0.494 e. The number of benzene rings is 5. The van der Waals surface area contributed by atoms with Gasteiger partial charge in [0, 0.05) is 27.4 Å². The molecule has 0 fully saturated rings. The van der Waals surface area contributed by atoms with Crippen molar-refractivity contribution in [3.8, 4) is 11.5 Å². The van der Waals surface area contributed by atoms with E-state index in [-0.39, 0.29) is 0 Å². The molecule has 0 aliphatic rings. The maximum Gasteiger partial charge on any atom is 0.126 e. The normalized spacial score (nSPS) is 11.3. The fourth-order valence-electron chi connectivity index (χ4n) is 9.49. The maximum atomic E-state index is 5.40. The van der Waals surface area contributed by atoms with Crippen LogP contribution in [-0.4, -0.2) is 19.4 Å². The lowest BCUT2D eigenvalue weighted by Gasteiger charge is -2.51. The third-order valence-electron chi connectivity index (χ3n) is 10.2. The highest BCUT2D eigenvalue weighted by Crippen LogP contribution is 2.25. The van der Waals surface area contributed by atoms with Gasteiger partial charge in [-0.2, -0.15) is 21.9 Å². The van der Waals surface area contributed by atoms with E-state index >= 15 is 0 Å². The first-order valence-corrected chi connectivity index (χ1v) is 19.0. The van der Waals surface area contributed by atoms with Crippen LogP contribution in [0.3, 0.4) is 0 Å². The Labute approximate surface area is 306 Å². The first-order chi connectivity index (χ1) is 23.5. The molecule has 0 saturated carbocycles. The van der Waals surface area contributed by atoms with Gasteiger partial charge >= 0.3 is 0 Å². The lowest BCUT2D eigenvalue weighted by Crippen LogP contribution is -2.78. The van der Waals surface area contributed by atoms with Gasteiger partial charge in [-0.15, -0.1) is 0 Å². The second-order valence-electron chi connectivity index (χ2n) is 14.8. The van der Waals surface area contributed by atoms with Gasteiger partial charge in [0.15, 0.2) is 0 Å². The Morgan fingerprint density at radius 2 is 0.600 bits per heavy atom. The van der Waals surface area contributed by atoms with E-state index in [2.05, 4.69) is 132 Å². The summed E-state index contributed by atoms with van der Waals surface area (Å²) in [6, 6.07) is 25.1. The molecule has 5 aromatic carbocycles. The predicted molar refractivity (Wildman–Crippen MR) is 226 cm³/mol. The van der Waals surface area contributed by atoms with Crippen molar-refractivity contribution in [3.63, 3.8) is 0 Å². The Bertz CT molecular complexity index is 1670. The van der Waals surface area contributed by atoms with E-state index in [9.17, 15) is 0 Å². The van der Waals surface area contributed by atoms with Crippen molar-refractivity contribution in [2.24, 2.45) is 0 Å². The Balaban J connectivity index is 0.000000363. The fourth-order valence-corrected chi connectivity index (χ4v) is 9.90. The zero-order valence-corrected chi connectivity index (χ0v) is 34.8. The van der Waals surface area contributed by atoms with Gasteiger partial charge in [-0.3, -0.25) is 0 Å². The summed E-state index contributed by atoms with van der Waals surface area (Å²) < 4.78 is 10.8. The fraction of sp³-hybridized carbons (Fsp3) is 0.348. The first kappa shape index (κ1) is 39.0. The highest BCUT2D eigenvalue weighted by molar-refractivity contribution is 7.27. The molecular weight excluding hydrogens is 626 g/mol. The molecule has 50 heavy (non-hydrogen) atoms. The van der Waals surface area contributed by atoms with Gasteiger partial charge in [-0.1, -0.05) is 115 Å². The van der Waals surface area contributed by atoms with Crippen LogP contribution >= 0.6 is 9.24 Å². The molecule has 0 aromatic heterocycles. The second kappa shape index (κ2) is 16.0. The van der Waals surface area contributed by atoms with Crippen molar-refractivity contribution in [2.75, 3.05) is 13.2 Å². The lowest BCUT2D eigenvalue weighted by molar-refractivity contribution is 0.323. The lowest BCUT2D eigenvalue weighted by atomic mass is 9.10. The maximum absolute atomic E-state index is 5.40. The molecule has 0 aliphatic carbocycles. The Morgan fingerprint density at radius 3 is 0.800 bits per heavy atom. The highest BCUT2D eigenvalue weighted by Gasteiger charge is 2.39. The summed E-state index contributed by atoms with van der Waals surface area (Å²) in [6.07, 6.45) is -1.48. The van der Waals surface area contributed by atoms with Crippen LogP contribution in [0.5, 0.6) is 11.5 Å². The van der Waals surface area contributed by atoms with Crippen molar-refractivity contribution in [2.45, 2.75) is 96.9 Å². The molecule has 0 bridgehead atoms. The van der Waals surface area contributed by atoms with E-state index in [1.807, 2.05) is 41.3 Å². The summed E-state index contributed by atoms with van der Waals surface area (Å²) in [7, 11) is 1.83. The Morgan fingerprint density at radius 1 is 0.380 bits per heavy atom. The highest BCUT2D eigenvalue weighted by atomic mass is 31.0. The van der Waals surface area contributed by atoms with Crippen molar-refractivity contribution in [1.82, 2.24) is 0 Å².